The fourth-order valence-corrected chi connectivity index (χ4v) is 2.09. The molecule has 1 fully saturated rings. The normalized spacial score (nSPS) is 20.2. The van der Waals surface area contributed by atoms with Gasteiger partial charge in [-0.25, -0.2) is 0 Å². The molecule has 15 heavy (non-hydrogen) atoms. The van der Waals surface area contributed by atoms with Crippen LogP contribution in [0.3, 0.4) is 0 Å². The van der Waals surface area contributed by atoms with E-state index < -0.39 is 0 Å². The van der Waals surface area contributed by atoms with Gasteiger partial charge in [0.15, 0.2) is 5.11 Å². The number of hydrogen-bond acceptors (Lipinski definition) is 2. The van der Waals surface area contributed by atoms with Gasteiger partial charge >= 0.3 is 0 Å². The monoisotopic (exact) mass is 230 g/mol. The zero-order valence-electron chi connectivity index (χ0n) is 9.93. The molecule has 1 unspecified atom stereocenters. The van der Waals surface area contributed by atoms with Crippen molar-refractivity contribution in [1.82, 2.24) is 10.6 Å². The van der Waals surface area contributed by atoms with Crippen molar-refractivity contribution < 1.29 is 4.74 Å². The molecule has 0 aromatic rings. The summed E-state index contributed by atoms with van der Waals surface area (Å²) in [6.45, 7) is 6.03. The summed E-state index contributed by atoms with van der Waals surface area (Å²) in [5, 5.41) is 7.22. The molecule has 0 aliphatic heterocycles. The summed E-state index contributed by atoms with van der Waals surface area (Å²) in [5.74, 6) is 0. The molecule has 4 heteroatoms. The summed E-state index contributed by atoms with van der Waals surface area (Å²) in [5.41, 5.74) is 0.468. The molecule has 1 rings (SSSR count). The first-order chi connectivity index (χ1) is 7.06. The molecule has 0 radical (unpaired) electrons. The molecule has 0 heterocycles. The van der Waals surface area contributed by atoms with E-state index in [-0.39, 0.29) is 6.04 Å². The molecule has 0 saturated heterocycles. The topological polar surface area (TPSA) is 33.3 Å². The van der Waals surface area contributed by atoms with E-state index in [1.807, 2.05) is 0 Å². The summed E-state index contributed by atoms with van der Waals surface area (Å²) < 4.78 is 5.03. The molecule has 0 aromatic carbocycles. The Morgan fingerprint density at radius 2 is 2.20 bits per heavy atom. The Morgan fingerprint density at radius 1 is 1.53 bits per heavy atom. The standard InChI is InChI=1S/C11H22N2OS/c1-9(7-14-3)13-10(15)12-8-11(2)5-4-6-11/h9H,4-8H2,1-3H3,(H2,12,13,15). The van der Waals surface area contributed by atoms with Crippen LogP contribution in [0.2, 0.25) is 0 Å². The molecule has 0 amide bonds. The van der Waals surface area contributed by atoms with E-state index in [0.29, 0.717) is 12.0 Å². The van der Waals surface area contributed by atoms with Crippen LogP contribution in [-0.4, -0.2) is 31.4 Å². The van der Waals surface area contributed by atoms with Crippen molar-refractivity contribution in [2.24, 2.45) is 5.41 Å². The van der Waals surface area contributed by atoms with Crippen molar-refractivity contribution in [2.45, 2.75) is 39.2 Å². The van der Waals surface area contributed by atoms with Crippen LogP contribution < -0.4 is 10.6 Å². The van der Waals surface area contributed by atoms with Crippen molar-refractivity contribution >= 4 is 17.3 Å². The first-order valence-corrected chi connectivity index (χ1v) is 6.00. The zero-order chi connectivity index (χ0) is 11.3. The highest BCUT2D eigenvalue weighted by Crippen LogP contribution is 2.39. The summed E-state index contributed by atoms with van der Waals surface area (Å²) in [6.07, 6.45) is 3.99. The molecule has 1 saturated carbocycles. The van der Waals surface area contributed by atoms with Gasteiger partial charge in [0.25, 0.3) is 0 Å². The Morgan fingerprint density at radius 3 is 2.67 bits per heavy atom. The average Bonchev–Trinajstić information content (AvgIpc) is 2.12. The second-order valence-corrected chi connectivity index (χ2v) is 5.26. The predicted octanol–water partition coefficient (Wildman–Crippen LogP) is 1.68. The van der Waals surface area contributed by atoms with Crippen LogP contribution in [-0.2, 0) is 4.74 Å². The Bertz CT molecular complexity index is 217. The van der Waals surface area contributed by atoms with E-state index in [2.05, 4.69) is 24.5 Å². The summed E-state index contributed by atoms with van der Waals surface area (Å²) in [6, 6.07) is 0.268. The second-order valence-electron chi connectivity index (χ2n) is 4.85. The van der Waals surface area contributed by atoms with E-state index in [1.165, 1.54) is 19.3 Å². The largest absolute Gasteiger partial charge is 0.383 e. The number of nitrogens with one attached hydrogen (secondary N) is 2. The summed E-state index contributed by atoms with van der Waals surface area (Å²) in [7, 11) is 1.70. The van der Waals surface area contributed by atoms with Crippen molar-refractivity contribution in [1.29, 1.82) is 0 Å². The van der Waals surface area contributed by atoms with Gasteiger partial charge in [-0.1, -0.05) is 13.3 Å². The van der Waals surface area contributed by atoms with Crippen molar-refractivity contribution in [2.75, 3.05) is 20.3 Å². The second kappa shape index (κ2) is 5.66. The molecule has 0 aromatic heterocycles. The van der Waals surface area contributed by atoms with Gasteiger partial charge in [-0.15, -0.1) is 0 Å². The van der Waals surface area contributed by atoms with E-state index >= 15 is 0 Å². The predicted molar refractivity (Wildman–Crippen MR) is 67.0 cm³/mol. The molecule has 1 atom stereocenters. The van der Waals surface area contributed by atoms with Crippen LogP contribution in [0.1, 0.15) is 33.1 Å². The van der Waals surface area contributed by atoms with Gasteiger partial charge in [-0.3, -0.25) is 0 Å². The van der Waals surface area contributed by atoms with Gasteiger partial charge in [0.2, 0.25) is 0 Å². The van der Waals surface area contributed by atoms with E-state index in [9.17, 15) is 0 Å². The molecular weight excluding hydrogens is 208 g/mol. The maximum absolute atomic E-state index is 5.21. The molecule has 1 aliphatic rings. The molecule has 1 aliphatic carbocycles. The van der Waals surface area contributed by atoms with Crippen molar-refractivity contribution in [3.63, 3.8) is 0 Å². The lowest BCUT2D eigenvalue weighted by atomic mass is 9.70. The smallest absolute Gasteiger partial charge is 0.166 e. The SMILES string of the molecule is COCC(C)NC(=S)NCC1(C)CCC1. The molecule has 2 N–H and O–H groups in total. The fraction of sp³-hybridized carbons (Fsp3) is 0.909. The third-order valence-corrected chi connectivity index (χ3v) is 3.29. The van der Waals surface area contributed by atoms with Gasteiger partial charge in [0.1, 0.15) is 0 Å². The number of methoxy groups -OCH3 is 1. The maximum atomic E-state index is 5.21. The third kappa shape index (κ3) is 4.34. The van der Waals surface area contributed by atoms with Gasteiger partial charge in [-0.05, 0) is 37.4 Å². The van der Waals surface area contributed by atoms with E-state index in [1.54, 1.807) is 7.11 Å². The fourth-order valence-electron chi connectivity index (χ4n) is 1.82. The number of ether oxygens (including phenoxy) is 1. The average molecular weight is 230 g/mol. The highest BCUT2D eigenvalue weighted by molar-refractivity contribution is 7.80. The quantitative estimate of drug-likeness (QED) is 0.704. The maximum Gasteiger partial charge on any atom is 0.166 e. The minimum atomic E-state index is 0.268. The molecule has 0 spiro atoms. The van der Waals surface area contributed by atoms with Gasteiger partial charge < -0.3 is 15.4 Å². The number of thiocarbonyl (C=S) groups is 1. The molecule has 88 valence electrons. The molecule has 0 bridgehead atoms. The first-order valence-electron chi connectivity index (χ1n) is 5.59. The van der Waals surface area contributed by atoms with Crippen LogP contribution in [0.25, 0.3) is 0 Å². The van der Waals surface area contributed by atoms with Crippen LogP contribution in [0, 0.1) is 5.41 Å². The third-order valence-electron chi connectivity index (χ3n) is 3.03. The van der Waals surface area contributed by atoms with Crippen molar-refractivity contribution in [3.8, 4) is 0 Å². The summed E-state index contributed by atoms with van der Waals surface area (Å²) in [4.78, 5) is 0. The Kier molecular flexibility index (Phi) is 4.80. The highest BCUT2D eigenvalue weighted by Gasteiger charge is 2.31. The highest BCUT2D eigenvalue weighted by atomic mass is 32.1. The van der Waals surface area contributed by atoms with Crippen LogP contribution in [0.5, 0.6) is 0 Å². The Labute approximate surface area is 98.0 Å². The number of rotatable bonds is 5. The van der Waals surface area contributed by atoms with Gasteiger partial charge in [-0.2, -0.15) is 0 Å². The Hall–Kier alpha value is -0.350. The van der Waals surface area contributed by atoms with Crippen LogP contribution in [0.15, 0.2) is 0 Å². The minimum absolute atomic E-state index is 0.268. The Balaban J connectivity index is 2.13. The number of hydrogen-bond donors (Lipinski definition) is 2. The first kappa shape index (κ1) is 12.7. The lowest BCUT2D eigenvalue weighted by molar-refractivity contribution is 0.163. The zero-order valence-corrected chi connectivity index (χ0v) is 10.7. The molecule has 3 nitrogen and oxygen atoms in total. The summed E-state index contributed by atoms with van der Waals surface area (Å²) >= 11 is 5.21. The lowest BCUT2D eigenvalue weighted by Crippen LogP contribution is -2.47. The van der Waals surface area contributed by atoms with Gasteiger partial charge in [0.05, 0.1) is 6.61 Å². The molecular formula is C11H22N2OS. The van der Waals surface area contributed by atoms with E-state index in [0.717, 1.165) is 11.7 Å². The van der Waals surface area contributed by atoms with Crippen LogP contribution >= 0.6 is 12.2 Å². The van der Waals surface area contributed by atoms with Crippen molar-refractivity contribution in [3.05, 3.63) is 0 Å². The minimum Gasteiger partial charge on any atom is -0.383 e. The lowest BCUT2D eigenvalue weighted by Gasteiger charge is -2.38. The van der Waals surface area contributed by atoms with Crippen LogP contribution in [0.4, 0.5) is 0 Å². The van der Waals surface area contributed by atoms with E-state index in [4.69, 9.17) is 17.0 Å². The van der Waals surface area contributed by atoms with Gasteiger partial charge in [0, 0.05) is 19.7 Å².